The second kappa shape index (κ2) is 7.95. The van der Waals surface area contributed by atoms with Gasteiger partial charge < -0.3 is 20.5 Å². The van der Waals surface area contributed by atoms with Crippen LogP contribution in [0.3, 0.4) is 0 Å². The van der Waals surface area contributed by atoms with Gasteiger partial charge in [-0.3, -0.25) is 9.59 Å². The Kier molecular flexibility index (Phi) is 5.31. The first-order valence-electron chi connectivity index (χ1n) is 10.2. The van der Waals surface area contributed by atoms with Crippen molar-refractivity contribution in [3.63, 3.8) is 0 Å². The largest absolute Gasteiger partial charge is 0.495 e. The smallest absolute Gasteiger partial charge is 0.258 e. The predicted molar refractivity (Wildman–Crippen MR) is 118 cm³/mol. The number of ether oxygens (including phenoxy) is 2. The molecule has 6 heteroatoms. The summed E-state index contributed by atoms with van der Waals surface area (Å²) in [6, 6.07) is 16.6. The Labute approximate surface area is 181 Å². The fourth-order valence-electron chi connectivity index (χ4n) is 4.32. The number of hydrogen-bond donors (Lipinski definition) is 2. The zero-order valence-corrected chi connectivity index (χ0v) is 17.9. The highest BCUT2D eigenvalue weighted by Crippen LogP contribution is 2.48. The Hall–Kier alpha value is -3.54. The number of rotatable bonds is 4. The molecule has 1 unspecified atom stereocenters. The first kappa shape index (κ1) is 20.7. The molecule has 1 aliphatic carbocycles. The second-order valence-electron chi connectivity index (χ2n) is 8.66. The molecule has 0 fully saturated rings. The molecule has 3 N–H and O–H groups in total. The van der Waals surface area contributed by atoms with E-state index in [4.69, 9.17) is 15.2 Å². The van der Waals surface area contributed by atoms with Crippen LogP contribution in [0.1, 0.15) is 38.2 Å². The van der Waals surface area contributed by atoms with Gasteiger partial charge in [-0.05, 0) is 23.1 Å². The summed E-state index contributed by atoms with van der Waals surface area (Å²) in [5.41, 5.74) is 8.14. The molecule has 1 heterocycles. The highest BCUT2D eigenvalue weighted by atomic mass is 16.5. The van der Waals surface area contributed by atoms with Crippen LogP contribution in [0.4, 0.5) is 5.69 Å². The highest BCUT2D eigenvalue weighted by Gasteiger charge is 2.44. The van der Waals surface area contributed by atoms with Gasteiger partial charge in [0.2, 0.25) is 0 Å². The van der Waals surface area contributed by atoms with Crippen LogP contribution >= 0.6 is 0 Å². The summed E-state index contributed by atoms with van der Waals surface area (Å²) in [6.45, 7) is 4.05. The van der Waals surface area contributed by atoms with Crippen LogP contribution in [0.15, 0.2) is 77.4 Å². The first-order valence-corrected chi connectivity index (χ1v) is 10.2. The highest BCUT2D eigenvalue weighted by molar-refractivity contribution is 6.10. The molecule has 0 saturated heterocycles. The molecule has 0 saturated carbocycles. The van der Waals surface area contributed by atoms with Crippen LogP contribution in [-0.4, -0.2) is 18.8 Å². The van der Waals surface area contributed by atoms with Crippen molar-refractivity contribution < 1.29 is 19.1 Å². The van der Waals surface area contributed by atoms with Crippen molar-refractivity contribution in [3.8, 4) is 5.75 Å². The zero-order chi connectivity index (χ0) is 22.2. The summed E-state index contributed by atoms with van der Waals surface area (Å²) in [5.74, 6) is 0.0591. The van der Waals surface area contributed by atoms with Gasteiger partial charge in [-0.2, -0.15) is 0 Å². The SMILES string of the molecule is COc1ccccc1NC(=O)C1=C(N)OC2=C(C(=O)CC(C)(C)C2)C1c1ccccc1. The van der Waals surface area contributed by atoms with Crippen molar-refractivity contribution in [1.82, 2.24) is 0 Å². The lowest BCUT2D eigenvalue weighted by Gasteiger charge is -2.38. The van der Waals surface area contributed by atoms with Gasteiger partial charge in [0.1, 0.15) is 11.5 Å². The number of anilines is 1. The van der Waals surface area contributed by atoms with Gasteiger partial charge >= 0.3 is 0 Å². The Bertz CT molecular complexity index is 1100. The molecule has 0 aromatic heterocycles. The molecule has 4 rings (SSSR count). The van der Waals surface area contributed by atoms with Crippen molar-refractivity contribution in [1.29, 1.82) is 0 Å². The molecular formula is C25H26N2O4. The van der Waals surface area contributed by atoms with Crippen LogP contribution in [0.5, 0.6) is 5.75 Å². The molecule has 2 aromatic carbocycles. The number of ketones is 1. The van der Waals surface area contributed by atoms with E-state index in [9.17, 15) is 9.59 Å². The molecule has 2 aliphatic rings. The van der Waals surface area contributed by atoms with Gasteiger partial charge in [0, 0.05) is 18.4 Å². The molecule has 31 heavy (non-hydrogen) atoms. The lowest BCUT2D eigenvalue weighted by molar-refractivity contribution is -0.119. The average molecular weight is 418 g/mol. The van der Waals surface area contributed by atoms with Crippen molar-refractivity contribution in [3.05, 3.63) is 82.9 Å². The third-order valence-corrected chi connectivity index (χ3v) is 5.69. The number of nitrogens with two attached hydrogens (primary N) is 1. The summed E-state index contributed by atoms with van der Waals surface area (Å²) < 4.78 is 11.2. The van der Waals surface area contributed by atoms with E-state index in [0.29, 0.717) is 35.6 Å². The first-order chi connectivity index (χ1) is 14.8. The van der Waals surface area contributed by atoms with Crippen LogP contribution in [-0.2, 0) is 14.3 Å². The van der Waals surface area contributed by atoms with E-state index in [1.165, 1.54) is 7.11 Å². The van der Waals surface area contributed by atoms with Crippen molar-refractivity contribution in [2.45, 2.75) is 32.6 Å². The fourth-order valence-corrected chi connectivity index (χ4v) is 4.32. The standard InChI is InChI=1S/C25H26N2O4/c1-25(2)13-17(28)21-19(14-25)31-23(26)22(20(21)15-9-5-4-6-10-15)24(29)27-16-11-7-8-12-18(16)30-3/h4-12,20H,13-14,26H2,1-3H3,(H,27,29). The maximum atomic E-state index is 13.4. The molecule has 1 aliphatic heterocycles. The van der Waals surface area contributed by atoms with Crippen molar-refractivity contribution in [2.75, 3.05) is 12.4 Å². The van der Waals surface area contributed by atoms with Gasteiger partial charge in [-0.1, -0.05) is 56.3 Å². The summed E-state index contributed by atoms with van der Waals surface area (Å²) in [7, 11) is 1.54. The quantitative estimate of drug-likeness (QED) is 0.774. The lowest BCUT2D eigenvalue weighted by atomic mass is 9.70. The maximum Gasteiger partial charge on any atom is 0.258 e. The van der Waals surface area contributed by atoms with Gasteiger partial charge in [0.05, 0.1) is 24.3 Å². The van der Waals surface area contributed by atoms with E-state index >= 15 is 0 Å². The van der Waals surface area contributed by atoms with E-state index < -0.39 is 11.8 Å². The number of amides is 1. The minimum absolute atomic E-state index is 0.0183. The molecule has 0 radical (unpaired) electrons. The molecule has 1 amide bonds. The summed E-state index contributed by atoms with van der Waals surface area (Å²) in [4.78, 5) is 26.6. The Morgan fingerprint density at radius 1 is 1.10 bits per heavy atom. The van der Waals surface area contributed by atoms with E-state index in [2.05, 4.69) is 5.32 Å². The number of para-hydroxylation sites is 2. The van der Waals surface area contributed by atoms with Gasteiger partial charge in [-0.15, -0.1) is 0 Å². The molecule has 0 bridgehead atoms. The molecule has 6 nitrogen and oxygen atoms in total. The minimum atomic E-state index is -0.594. The summed E-state index contributed by atoms with van der Waals surface area (Å²) >= 11 is 0. The number of hydrogen-bond acceptors (Lipinski definition) is 5. The number of nitrogens with one attached hydrogen (secondary N) is 1. The van der Waals surface area contributed by atoms with Gasteiger partial charge in [-0.25, -0.2) is 0 Å². The predicted octanol–water partition coefficient (Wildman–Crippen LogP) is 4.26. The van der Waals surface area contributed by atoms with Crippen LogP contribution in [0.2, 0.25) is 0 Å². The summed E-state index contributed by atoms with van der Waals surface area (Å²) in [6.07, 6.45) is 0.972. The third-order valence-electron chi connectivity index (χ3n) is 5.69. The topological polar surface area (TPSA) is 90.7 Å². The number of methoxy groups -OCH3 is 1. The molecule has 0 spiro atoms. The van der Waals surface area contributed by atoms with Gasteiger partial charge in [0.25, 0.3) is 5.91 Å². The van der Waals surface area contributed by atoms with E-state index in [-0.39, 0.29) is 22.7 Å². The van der Waals surface area contributed by atoms with E-state index in [1.54, 1.807) is 18.2 Å². The Balaban J connectivity index is 1.79. The Morgan fingerprint density at radius 2 is 1.77 bits per heavy atom. The fraction of sp³-hybridized carbons (Fsp3) is 0.280. The Morgan fingerprint density at radius 3 is 2.48 bits per heavy atom. The molecular weight excluding hydrogens is 392 g/mol. The third kappa shape index (κ3) is 3.93. The van der Waals surface area contributed by atoms with E-state index in [0.717, 1.165) is 5.56 Å². The normalized spacial score (nSPS) is 20.1. The lowest BCUT2D eigenvalue weighted by Crippen LogP contribution is -2.36. The van der Waals surface area contributed by atoms with E-state index in [1.807, 2.05) is 50.2 Å². The average Bonchev–Trinajstić information content (AvgIpc) is 2.72. The maximum absolute atomic E-state index is 13.4. The van der Waals surface area contributed by atoms with Crippen LogP contribution in [0.25, 0.3) is 0 Å². The van der Waals surface area contributed by atoms with Gasteiger partial charge in [0.15, 0.2) is 11.7 Å². The van der Waals surface area contributed by atoms with Crippen LogP contribution in [0, 0.1) is 5.41 Å². The monoisotopic (exact) mass is 418 g/mol. The molecule has 160 valence electrons. The number of benzene rings is 2. The molecule has 2 aromatic rings. The second-order valence-corrected chi connectivity index (χ2v) is 8.66. The molecule has 1 atom stereocenters. The number of carbonyl (C=O) groups is 2. The van der Waals surface area contributed by atoms with Crippen LogP contribution < -0.4 is 15.8 Å². The number of carbonyl (C=O) groups excluding carboxylic acids is 2. The number of Topliss-reactive ketones (excluding diaryl/α,β-unsaturated/α-hetero) is 1. The van der Waals surface area contributed by atoms with Crippen molar-refractivity contribution >= 4 is 17.4 Å². The number of allylic oxidation sites excluding steroid dienone is 2. The summed E-state index contributed by atoms with van der Waals surface area (Å²) in [5, 5.41) is 2.87. The van der Waals surface area contributed by atoms with Crippen molar-refractivity contribution in [2.24, 2.45) is 11.1 Å². The zero-order valence-electron chi connectivity index (χ0n) is 17.9. The minimum Gasteiger partial charge on any atom is -0.495 e.